The molecule has 1 atom stereocenters. The van der Waals surface area contributed by atoms with E-state index in [9.17, 15) is 4.79 Å². The Morgan fingerprint density at radius 3 is 3.07 bits per heavy atom. The molecule has 0 saturated carbocycles. The monoisotopic (exact) mass is 212 g/mol. The fraction of sp³-hybridized carbons (Fsp3) is 0.556. The topological polar surface area (TPSA) is 93.2 Å². The summed E-state index contributed by atoms with van der Waals surface area (Å²) < 4.78 is 1.80. The second kappa shape index (κ2) is 5.47. The number of nitrogens with zero attached hydrogens (tertiary/aromatic N) is 2. The Morgan fingerprint density at radius 1 is 1.80 bits per heavy atom. The number of nitrogens with two attached hydrogens (primary N) is 1. The lowest BCUT2D eigenvalue weighted by molar-refractivity contribution is -0.138. The Balaban J connectivity index is 2.14. The van der Waals surface area contributed by atoms with Crippen LogP contribution in [0.4, 0.5) is 0 Å². The quantitative estimate of drug-likeness (QED) is 0.536. The predicted molar refractivity (Wildman–Crippen MR) is 55.4 cm³/mol. The molecule has 1 aromatic heterocycles. The standard InChI is InChI=1S/C9H16N4O2/c1-7-4-12-13(6-7)3-2-11-5-8(10)9(14)15/h4,6,8,11H,2-3,5,10H2,1H3,(H,14,15). The molecule has 0 aliphatic heterocycles. The summed E-state index contributed by atoms with van der Waals surface area (Å²) in [7, 11) is 0. The fourth-order valence-corrected chi connectivity index (χ4v) is 1.13. The highest BCUT2D eigenvalue weighted by Gasteiger charge is 2.09. The fourth-order valence-electron chi connectivity index (χ4n) is 1.13. The average molecular weight is 212 g/mol. The van der Waals surface area contributed by atoms with Gasteiger partial charge in [-0.15, -0.1) is 0 Å². The van der Waals surface area contributed by atoms with E-state index < -0.39 is 12.0 Å². The van der Waals surface area contributed by atoms with Crippen LogP contribution in [0.3, 0.4) is 0 Å². The third-order valence-corrected chi connectivity index (χ3v) is 1.96. The summed E-state index contributed by atoms with van der Waals surface area (Å²) >= 11 is 0. The summed E-state index contributed by atoms with van der Waals surface area (Å²) in [5.74, 6) is -0.988. The molecule has 1 rings (SSSR count). The van der Waals surface area contributed by atoms with Crippen LogP contribution in [-0.2, 0) is 11.3 Å². The van der Waals surface area contributed by atoms with Crippen molar-refractivity contribution in [2.24, 2.45) is 5.73 Å². The molecule has 15 heavy (non-hydrogen) atoms. The van der Waals surface area contributed by atoms with E-state index in [0.29, 0.717) is 13.1 Å². The molecule has 1 heterocycles. The highest BCUT2D eigenvalue weighted by molar-refractivity contribution is 5.73. The van der Waals surface area contributed by atoms with Crippen molar-refractivity contribution in [1.29, 1.82) is 0 Å². The van der Waals surface area contributed by atoms with Crippen LogP contribution in [0, 0.1) is 6.92 Å². The maximum absolute atomic E-state index is 10.4. The number of carbonyl (C=O) groups is 1. The molecule has 0 aliphatic rings. The van der Waals surface area contributed by atoms with Crippen LogP contribution in [0.1, 0.15) is 5.56 Å². The lowest BCUT2D eigenvalue weighted by Gasteiger charge is -2.07. The highest BCUT2D eigenvalue weighted by atomic mass is 16.4. The first-order valence-electron chi connectivity index (χ1n) is 4.78. The van der Waals surface area contributed by atoms with Gasteiger partial charge in [0.2, 0.25) is 0 Å². The van der Waals surface area contributed by atoms with Gasteiger partial charge in [0.25, 0.3) is 0 Å². The zero-order chi connectivity index (χ0) is 11.3. The van der Waals surface area contributed by atoms with Crippen molar-refractivity contribution in [3.63, 3.8) is 0 Å². The number of carboxylic acids is 1. The van der Waals surface area contributed by atoms with E-state index >= 15 is 0 Å². The van der Waals surface area contributed by atoms with Gasteiger partial charge in [-0.05, 0) is 12.5 Å². The van der Waals surface area contributed by atoms with Gasteiger partial charge < -0.3 is 16.2 Å². The Labute approximate surface area is 88.1 Å². The van der Waals surface area contributed by atoms with E-state index in [1.807, 2.05) is 13.1 Å². The number of hydrogen-bond acceptors (Lipinski definition) is 4. The molecule has 0 bridgehead atoms. The van der Waals surface area contributed by atoms with Crippen molar-refractivity contribution in [2.75, 3.05) is 13.1 Å². The van der Waals surface area contributed by atoms with Gasteiger partial charge >= 0.3 is 5.97 Å². The van der Waals surface area contributed by atoms with E-state index in [1.165, 1.54) is 0 Å². The van der Waals surface area contributed by atoms with Crippen molar-refractivity contribution < 1.29 is 9.90 Å². The summed E-state index contributed by atoms with van der Waals surface area (Å²) in [5.41, 5.74) is 6.42. The van der Waals surface area contributed by atoms with Crippen LogP contribution < -0.4 is 11.1 Å². The van der Waals surface area contributed by atoms with Gasteiger partial charge in [-0.25, -0.2) is 0 Å². The zero-order valence-corrected chi connectivity index (χ0v) is 8.68. The van der Waals surface area contributed by atoms with Crippen LogP contribution in [0.25, 0.3) is 0 Å². The van der Waals surface area contributed by atoms with Crippen LogP contribution in [0.15, 0.2) is 12.4 Å². The zero-order valence-electron chi connectivity index (χ0n) is 8.68. The number of aryl methyl sites for hydroxylation is 1. The van der Waals surface area contributed by atoms with Crippen molar-refractivity contribution in [1.82, 2.24) is 15.1 Å². The van der Waals surface area contributed by atoms with Crippen molar-refractivity contribution in [3.05, 3.63) is 18.0 Å². The summed E-state index contributed by atoms with van der Waals surface area (Å²) in [5, 5.41) is 15.6. The van der Waals surface area contributed by atoms with E-state index in [2.05, 4.69) is 10.4 Å². The van der Waals surface area contributed by atoms with Crippen LogP contribution >= 0.6 is 0 Å². The second-order valence-electron chi connectivity index (χ2n) is 3.43. The van der Waals surface area contributed by atoms with Gasteiger partial charge in [-0.1, -0.05) is 0 Å². The SMILES string of the molecule is Cc1cnn(CCNCC(N)C(=O)O)c1. The Hall–Kier alpha value is -1.40. The third kappa shape index (κ3) is 4.09. The Kier molecular flexibility index (Phi) is 4.26. The molecule has 84 valence electrons. The van der Waals surface area contributed by atoms with Crippen LogP contribution in [-0.4, -0.2) is 40.0 Å². The number of nitrogens with one attached hydrogen (secondary N) is 1. The van der Waals surface area contributed by atoms with E-state index in [4.69, 9.17) is 10.8 Å². The molecular weight excluding hydrogens is 196 g/mol. The lowest BCUT2D eigenvalue weighted by atomic mass is 10.3. The lowest BCUT2D eigenvalue weighted by Crippen LogP contribution is -2.41. The molecule has 1 aromatic rings. The molecule has 1 unspecified atom stereocenters. The molecule has 0 radical (unpaired) electrons. The average Bonchev–Trinajstić information content (AvgIpc) is 2.58. The number of hydrogen-bond donors (Lipinski definition) is 3. The van der Waals surface area contributed by atoms with Crippen molar-refractivity contribution >= 4 is 5.97 Å². The first kappa shape index (κ1) is 11.7. The van der Waals surface area contributed by atoms with E-state index in [-0.39, 0.29) is 6.54 Å². The summed E-state index contributed by atoms with van der Waals surface area (Å²) in [6.45, 7) is 3.61. The van der Waals surface area contributed by atoms with Gasteiger partial charge in [0, 0.05) is 19.3 Å². The molecular formula is C9H16N4O2. The van der Waals surface area contributed by atoms with Gasteiger partial charge in [0.15, 0.2) is 0 Å². The molecule has 4 N–H and O–H groups in total. The van der Waals surface area contributed by atoms with Gasteiger partial charge in [-0.2, -0.15) is 5.10 Å². The van der Waals surface area contributed by atoms with Crippen LogP contribution in [0.5, 0.6) is 0 Å². The molecule has 0 spiro atoms. The maximum Gasteiger partial charge on any atom is 0.321 e. The number of rotatable bonds is 6. The molecule has 6 nitrogen and oxygen atoms in total. The van der Waals surface area contributed by atoms with Gasteiger partial charge in [0.1, 0.15) is 6.04 Å². The largest absolute Gasteiger partial charge is 0.480 e. The van der Waals surface area contributed by atoms with Crippen LogP contribution in [0.2, 0.25) is 0 Å². The summed E-state index contributed by atoms with van der Waals surface area (Å²) in [4.78, 5) is 10.4. The first-order valence-corrected chi connectivity index (χ1v) is 4.78. The third-order valence-electron chi connectivity index (χ3n) is 1.96. The van der Waals surface area contributed by atoms with E-state index in [0.717, 1.165) is 5.56 Å². The van der Waals surface area contributed by atoms with Gasteiger partial charge in [0.05, 0.1) is 12.7 Å². The predicted octanol–water partition coefficient (Wildman–Crippen LogP) is -0.807. The highest BCUT2D eigenvalue weighted by Crippen LogP contribution is 1.92. The van der Waals surface area contributed by atoms with Crippen molar-refractivity contribution in [3.8, 4) is 0 Å². The second-order valence-corrected chi connectivity index (χ2v) is 3.43. The minimum atomic E-state index is -0.988. The molecule has 0 aliphatic carbocycles. The molecule has 6 heteroatoms. The van der Waals surface area contributed by atoms with Crippen molar-refractivity contribution in [2.45, 2.75) is 19.5 Å². The number of carboxylic acid groups (broad SMARTS) is 1. The first-order chi connectivity index (χ1) is 7.09. The smallest absolute Gasteiger partial charge is 0.321 e. The molecule has 0 amide bonds. The summed E-state index contributed by atoms with van der Waals surface area (Å²) in [6.07, 6.45) is 3.71. The Bertz CT molecular complexity index is 324. The molecule has 0 fully saturated rings. The number of aliphatic carboxylic acids is 1. The maximum atomic E-state index is 10.4. The molecule has 0 saturated heterocycles. The van der Waals surface area contributed by atoms with Gasteiger partial charge in [-0.3, -0.25) is 9.48 Å². The molecule has 0 aromatic carbocycles. The Morgan fingerprint density at radius 2 is 2.53 bits per heavy atom. The van der Waals surface area contributed by atoms with E-state index in [1.54, 1.807) is 10.9 Å². The normalized spacial score (nSPS) is 12.7. The number of aromatic nitrogens is 2. The minimum Gasteiger partial charge on any atom is -0.480 e. The summed E-state index contributed by atoms with van der Waals surface area (Å²) in [6, 6.07) is -0.843. The minimum absolute atomic E-state index is 0.273.